The number of amidine groups is 1. The molecule has 5 nitrogen and oxygen atoms in total. The Morgan fingerprint density at radius 3 is 2.95 bits per heavy atom. The van der Waals surface area contributed by atoms with Gasteiger partial charge in [0.2, 0.25) is 5.91 Å². The SMILES string of the molecule is CCC(C(=O)N1CCCc2cc(C)ccc21)C(N)=NO. The van der Waals surface area contributed by atoms with Crippen molar-refractivity contribution in [3.8, 4) is 0 Å². The molecule has 0 spiro atoms. The van der Waals surface area contributed by atoms with Gasteiger partial charge in [-0.25, -0.2) is 0 Å². The predicted octanol–water partition coefficient (Wildman–Crippen LogP) is 2.05. The fourth-order valence-electron chi connectivity index (χ4n) is 2.72. The van der Waals surface area contributed by atoms with Crippen LogP contribution in [0.25, 0.3) is 0 Å². The quantitative estimate of drug-likeness (QED) is 0.383. The van der Waals surface area contributed by atoms with E-state index in [0.29, 0.717) is 13.0 Å². The van der Waals surface area contributed by atoms with Crippen molar-refractivity contribution >= 4 is 17.4 Å². The molecule has 2 rings (SSSR count). The van der Waals surface area contributed by atoms with Crippen LogP contribution in [0.2, 0.25) is 0 Å². The van der Waals surface area contributed by atoms with Crippen molar-refractivity contribution in [3.63, 3.8) is 0 Å². The molecule has 0 radical (unpaired) electrons. The number of carbonyl (C=O) groups excluding carboxylic acids is 1. The number of nitrogens with zero attached hydrogens (tertiary/aromatic N) is 2. The van der Waals surface area contributed by atoms with Gasteiger partial charge in [0.15, 0.2) is 5.84 Å². The van der Waals surface area contributed by atoms with Crippen LogP contribution in [0.15, 0.2) is 23.4 Å². The molecule has 20 heavy (non-hydrogen) atoms. The summed E-state index contributed by atoms with van der Waals surface area (Å²) in [5.41, 5.74) is 8.98. The number of nitrogens with two attached hydrogens (primary N) is 1. The molecule has 1 aromatic carbocycles. The van der Waals surface area contributed by atoms with Crippen molar-refractivity contribution < 1.29 is 10.0 Å². The summed E-state index contributed by atoms with van der Waals surface area (Å²) in [5.74, 6) is -0.670. The Kier molecular flexibility index (Phi) is 4.27. The van der Waals surface area contributed by atoms with Gasteiger partial charge in [0.1, 0.15) is 0 Å². The topological polar surface area (TPSA) is 78.9 Å². The second kappa shape index (κ2) is 5.94. The minimum absolute atomic E-state index is 0.0169. The molecular weight excluding hydrogens is 254 g/mol. The molecule has 1 atom stereocenters. The fourth-order valence-corrected chi connectivity index (χ4v) is 2.72. The molecule has 0 saturated carbocycles. The highest BCUT2D eigenvalue weighted by atomic mass is 16.4. The Labute approximate surface area is 119 Å². The lowest BCUT2D eigenvalue weighted by atomic mass is 9.96. The molecule has 1 aliphatic heterocycles. The lowest BCUT2D eigenvalue weighted by molar-refractivity contribution is -0.120. The summed E-state index contributed by atoms with van der Waals surface area (Å²) in [4.78, 5) is 14.4. The van der Waals surface area contributed by atoms with Crippen molar-refractivity contribution in [1.29, 1.82) is 0 Å². The number of hydrogen-bond acceptors (Lipinski definition) is 3. The molecule has 1 unspecified atom stereocenters. The Morgan fingerprint density at radius 2 is 2.30 bits per heavy atom. The van der Waals surface area contributed by atoms with E-state index >= 15 is 0 Å². The van der Waals surface area contributed by atoms with Crippen LogP contribution in [-0.4, -0.2) is 23.5 Å². The highest BCUT2D eigenvalue weighted by Gasteiger charge is 2.30. The van der Waals surface area contributed by atoms with E-state index in [2.05, 4.69) is 11.2 Å². The summed E-state index contributed by atoms with van der Waals surface area (Å²) < 4.78 is 0. The maximum Gasteiger partial charge on any atom is 0.237 e. The highest BCUT2D eigenvalue weighted by Crippen LogP contribution is 2.29. The Hall–Kier alpha value is -2.04. The van der Waals surface area contributed by atoms with Gasteiger partial charge in [-0.2, -0.15) is 0 Å². The molecule has 0 fully saturated rings. The number of carbonyl (C=O) groups is 1. The van der Waals surface area contributed by atoms with Gasteiger partial charge in [0.25, 0.3) is 0 Å². The molecule has 0 saturated heterocycles. The maximum atomic E-state index is 12.6. The van der Waals surface area contributed by atoms with Crippen molar-refractivity contribution in [3.05, 3.63) is 29.3 Å². The highest BCUT2D eigenvalue weighted by molar-refractivity contribution is 6.09. The largest absolute Gasteiger partial charge is 0.409 e. The Balaban J connectivity index is 2.33. The lowest BCUT2D eigenvalue weighted by Crippen LogP contribution is -2.44. The molecular formula is C15H21N3O2. The van der Waals surface area contributed by atoms with Crippen LogP contribution >= 0.6 is 0 Å². The molecule has 1 heterocycles. The molecule has 1 aliphatic rings. The molecule has 1 aromatic rings. The summed E-state index contributed by atoms with van der Waals surface area (Å²) >= 11 is 0. The number of hydrogen-bond donors (Lipinski definition) is 2. The summed E-state index contributed by atoms with van der Waals surface area (Å²) in [5, 5.41) is 11.8. The summed E-state index contributed by atoms with van der Waals surface area (Å²) in [6.07, 6.45) is 2.45. The van der Waals surface area contributed by atoms with Crippen LogP contribution in [0.5, 0.6) is 0 Å². The molecule has 1 amide bonds. The average molecular weight is 275 g/mol. The zero-order chi connectivity index (χ0) is 14.7. The van der Waals surface area contributed by atoms with Crippen molar-refractivity contribution in [1.82, 2.24) is 0 Å². The van der Waals surface area contributed by atoms with Gasteiger partial charge in [-0.05, 0) is 37.8 Å². The smallest absolute Gasteiger partial charge is 0.237 e. The molecule has 0 aromatic heterocycles. The minimum Gasteiger partial charge on any atom is -0.409 e. The number of rotatable bonds is 3. The van der Waals surface area contributed by atoms with Crippen molar-refractivity contribution in [2.24, 2.45) is 16.8 Å². The minimum atomic E-state index is -0.563. The molecule has 0 bridgehead atoms. The van der Waals surface area contributed by atoms with E-state index < -0.39 is 5.92 Å². The van der Waals surface area contributed by atoms with Crippen molar-refractivity contribution in [2.75, 3.05) is 11.4 Å². The van der Waals surface area contributed by atoms with Gasteiger partial charge in [-0.15, -0.1) is 0 Å². The van der Waals surface area contributed by atoms with E-state index in [0.717, 1.165) is 18.5 Å². The first-order valence-corrected chi connectivity index (χ1v) is 6.96. The summed E-state index contributed by atoms with van der Waals surface area (Å²) in [6, 6.07) is 6.12. The van der Waals surface area contributed by atoms with Gasteiger partial charge in [0, 0.05) is 12.2 Å². The lowest BCUT2D eigenvalue weighted by Gasteiger charge is -2.32. The summed E-state index contributed by atoms with van der Waals surface area (Å²) in [7, 11) is 0. The molecule has 0 aliphatic carbocycles. The second-order valence-electron chi connectivity index (χ2n) is 5.21. The summed E-state index contributed by atoms with van der Waals surface area (Å²) in [6.45, 7) is 4.59. The number of oxime groups is 1. The second-order valence-corrected chi connectivity index (χ2v) is 5.21. The average Bonchev–Trinajstić information content (AvgIpc) is 2.46. The zero-order valence-corrected chi connectivity index (χ0v) is 12.0. The van der Waals surface area contributed by atoms with Crippen LogP contribution in [0, 0.1) is 12.8 Å². The standard InChI is InChI=1S/C15H21N3O2/c1-3-12(14(16)17-20)15(19)18-8-4-5-11-9-10(2)6-7-13(11)18/h6-7,9,12,20H,3-5,8H2,1-2H3,(H2,16,17). The predicted molar refractivity (Wildman–Crippen MR) is 79.0 cm³/mol. The van der Waals surface area contributed by atoms with Crippen LogP contribution in [0.3, 0.4) is 0 Å². The first-order valence-electron chi connectivity index (χ1n) is 6.96. The van der Waals surface area contributed by atoms with E-state index in [9.17, 15) is 4.79 Å². The third kappa shape index (κ3) is 2.61. The van der Waals surface area contributed by atoms with E-state index in [-0.39, 0.29) is 11.7 Å². The first kappa shape index (κ1) is 14.4. The normalized spacial score (nSPS) is 16.7. The number of benzene rings is 1. The van der Waals surface area contributed by atoms with E-state index in [1.807, 2.05) is 26.0 Å². The van der Waals surface area contributed by atoms with Gasteiger partial charge in [-0.1, -0.05) is 29.8 Å². The van der Waals surface area contributed by atoms with Crippen LogP contribution in [0.1, 0.15) is 30.9 Å². The number of fused-ring (bicyclic) bond motifs is 1. The fraction of sp³-hybridized carbons (Fsp3) is 0.467. The van der Waals surface area contributed by atoms with E-state index in [1.165, 1.54) is 11.1 Å². The monoisotopic (exact) mass is 275 g/mol. The van der Waals surface area contributed by atoms with Crippen LogP contribution < -0.4 is 10.6 Å². The third-order valence-electron chi connectivity index (χ3n) is 3.80. The molecule has 5 heteroatoms. The van der Waals surface area contributed by atoms with Gasteiger partial charge >= 0.3 is 0 Å². The van der Waals surface area contributed by atoms with Gasteiger partial charge in [-0.3, -0.25) is 4.79 Å². The van der Waals surface area contributed by atoms with Crippen LogP contribution in [0.4, 0.5) is 5.69 Å². The van der Waals surface area contributed by atoms with Gasteiger partial charge < -0.3 is 15.8 Å². The molecule has 3 N–H and O–H groups in total. The van der Waals surface area contributed by atoms with Gasteiger partial charge in [0.05, 0.1) is 5.92 Å². The van der Waals surface area contributed by atoms with E-state index in [4.69, 9.17) is 10.9 Å². The third-order valence-corrected chi connectivity index (χ3v) is 3.80. The van der Waals surface area contributed by atoms with Crippen LogP contribution in [-0.2, 0) is 11.2 Å². The number of aryl methyl sites for hydroxylation is 2. The van der Waals surface area contributed by atoms with Crippen molar-refractivity contribution in [2.45, 2.75) is 33.1 Å². The maximum absolute atomic E-state index is 12.6. The van der Waals surface area contributed by atoms with E-state index in [1.54, 1.807) is 4.90 Å². The number of anilines is 1. The number of amides is 1. The Morgan fingerprint density at radius 1 is 1.55 bits per heavy atom. The zero-order valence-electron chi connectivity index (χ0n) is 12.0. The molecule has 108 valence electrons. The first-order chi connectivity index (χ1) is 9.58. The Bertz CT molecular complexity index is 540.